The fourth-order valence-corrected chi connectivity index (χ4v) is 4.93. The third kappa shape index (κ3) is 2.95. The van der Waals surface area contributed by atoms with E-state index in [-0.39, 0.29) is 22.8 Å². The first-order valence-electron chi connectivity index (χ1n) is 8.59. The summed E-state index contributed by atoms with van der Waals surface area (Å²) in [5, 5.41) is 9.09. The van der Waals surface area contributed by atoms with Crippen molar-refractivity contribution in [3.8, 4) is 0 Å². The Morgan fingerprint density at radius 2 is 1.93 bits per heavy atom. The molecule has 1 amide bonds. The zero-order valence-electron chi connectivity index (χ0n) is 14.7. The van der Waals surface area contributed by atoms with Crippen LogP contribution in [0.2, 0.25) is 0 Å². The third-order valence-electron chi connectivity index (χ3n) is 5.00. The van der Waals surface area contributed by atoms with Gasteiger partial charge >= 0.3 is 5.97 Å². The minimum atomic E-state index is -3.86. The normalized spacial score (nSPS) is 15.6. The zero-order chi connectivity index (χ0) is 19.3. The Labute approximate surface area is 156 Å². The maximum atomic E-state index is 12.9. The molecule has 0 saturated carbocycles. The number of sulfonamides is 1. The number of nitrogens with zero attached hydrogens (tertiary/aromatic N) is 1. The zero-order valence-corrected chi connectivity index (χ0v) is 15.5. The number of anilines is 2. The van der Waals surface area contributed by atoms with E-state index in [9.17, 15) is 18.0 Å². The number of nitrogens with one attached hydrogen (secondary N) is 1. The lowest BCUT2D eigenvalue weighted by Gasteiger charge is -2.26. The highest BCUT2D eigenvalue weighted by Gasteiger charge is 2.33. The van der Waals surface area contributed by atoms with Gasteiger partial charge in [-0.05, 0) is 66.8 Å². The van der Waals surface area contributed by atoms with Crippen molar-refractivity contribution < 1.29 is 23.1 Å². The van der Waals surface area contributed by atoms with Crippen LogP contribution in [-0.4, -0.2) is 31.9 Å². The number of benzene rings is 2. The lowest BCUT2D eigenvalue weighted by molar-refractivity contribution is -0.117. The molecule has 0 radical (unpaired) electrons. The molecule has 2 N–H and O–H groups in total. The van der Waals surface area contributed by atoms with E-state index in [1.54, 1.807) is 24.0 Å². The predicted octanol–water partition coefficient (Wildman–Crippen LogP) is 2.33. The number of carbonyl (C=O) groups excluding carboxylic acids is 1. The van der Waals surface area contributed by atoms with Gasteiger partial charge in [-0.15, -0.1) is 0 Å². The quantitative estimate of drug-likeness (QED) is 0.839. The number of aryl methyl sites for hydroxylation is 2. The summed E-state index contributed by atoms with van der Waals surface area (Å²) in [6.45, 7) is 2.29. The number of hydrogen-bond donors (Lipinski definition) is 2. The molecule has 2 aliphatic rings. The Bertz CT molecular complexity index is 1090. The van der Waals surface area contributed by atoms with Crippen LogP contribution in [0.3, 0.4) is 0 Å². The van der Waals surface area contributed by atoms with Crippen LogP contribution in [-0.2, 0) is 27.7 Å². The van der Waals surface area contributed by atoms with Gasteiger partial charge in [0.2, 0.25) is 5.91 Å². The number of amides is 1. The predicted molar refractivity (Wildman–Crippen MR) is 99.8 cm³/mol. The van der Waals surface area contributed by atoms with Crippen LogP contribution in [0, 0.1) is 6.92 Å². The summed E-state index contributed by atoms with van der Waals surface area (Å²) in [4.78, 5) is 25.1. The summed E-state index contributed by atoms with van der Waals surface area (Å²) in [7, 11) is -3.86. The number of rotatable bonds is 4. The maximum absolute atomic E-state index is 12.9. The summed E-state index contributed by atoms with van der Waals surface area (Å²) < 4.78 is 28.2. The van der Waals surface area contributed by atoms with Crippen molar-refractivity contribution in [1.82, 2.24) is 0 Å². The van der Waals surface area contributed by atoms with Crippen LogP contribution in [0.15, 0.2) is 35.2 Å². The average Bonchev–Trinajstić information content (AvgIpc) is 2.92. The molecule has 4 rings (SSSR count). The fraction of sp³-hybridized carbons (Fsp3) is 0.263. The molecule has 2 aliphatic heterocycles. The Balaban J connectivity index is 1.70. The van der Waals surface area contributed by atoms with Crippen LogP contribution in [0.5, 0.6) is 0 Å². The molecule has 0 saturated heterocycles. The minimum absolute atomic E-state index is 0.00772. The van der Waals surface area contributed by atoms with Crippen LogP contribution in [0.1, 0.15) is 33.5 Å². The van der Waals surface area contributed by atoms with E-state index in [1.165, 1.54) is 18.2 Å². The standard InChI is InChI=1S/C19H18N2O5S/c1-11-7-14(4-5-16(11)19(23)24)20-27(25,26)15-8-12-3-2-6-21-17(22)10-13(9-15)18(12)21/h4-5,7-9,20H,2-3,6,10H2,1H3,(H,23,24). The maximum Gasteiger partial charge on any atom is 0.335 e. The molecule has 8 heteroatoms. The minimum Gasteiger partial charge on any atom is -0.478 e. The van der Waals surface area contributed by atoms with E-state index in [2.05, 4.69) is 4.72 Å². The van der Waals surface area contributed by atoms with Crippen molar-refractivity contribution in [2.75, 3.05) is 16.2 Å². The highest BCUT2D eigenvalue weighted by molar-refractivity contribution is 7.92. The van der Waals surface area contributed by atoms with Gasteiger partial charge in [0.25, 0.3) is 10.0 Å². The van der Waals surface area contributed by atoms with Crippen LogP contribution >= 0.6 is 0 Å². The number of carbonyl (C=O) groups is 2. The van der Waals surface area contributed by atoms with Gasteiger partial charge in [-0.2, -0.15) is 0 Å². The summed E-state index contributed by atoms with van der Waals surface area (Å²) in [6, 6.07) is 7.48. The van der Waals surface area contributed by atoms with E-state index in [1.807, 2.05) is 0 Å². The highest BCUT2D eigenvalue weighted by atomic mass is 32.2. The molecule has 0 aliphatic carbocycles. The molecule has 0 aromatic heterocycles. The lowest BCUT2D eigenvalue weighted by atomic mass is 10.0. The smallest absolute Gasteiger partial charge is 0.335 e. The summed E-state index contributed by atoms with van der Waals surface area (Å²) in [5.74, 6) is -1.05. The van der Waals surface area contributed by atoms with Gasteiger partial charge < -0.3 is 10.0 Å². The van der Waals surface area contributed by atoms with Crippen molar-refractivity contribution in [3.63, 3.8) is 0 Å². The second kappa shape index (κ2) is 6.09. The average molecular weight is 386 g/mol. The summed E-state index contributed by atoms with van der Waals surface area (Å²) in [5.41, 5.74) is 3.38. The molecule has 0 spiro atoms. The van der Waals surface area contributed by atoms with Crippen molar-refractivity contribution in [3.05, 3.63) is 52.6 Å². The molecule has 0 unspecified atom stereocenters. The Morgan fingerprint density at radius 3 is 2.63 bits per heavy atom. The summed E-state index contributed by atoms with van der Waals surface area (Å²) in [6.07, 6.45) is 1.77. The van der Waals surface area contributed by atoms with E-state index in [0.717, 1.165) is 29.7 Å². The van der Waals surface area contributed by atoms with Crippen molar-refractivity contribution in [1.29, 1.82) is 0 Å². The molecule has 7 nitrogen and oxygen atoms in total. The number of carboxylic acid groups (broad SMARTS) is 1. The molecule has 2 heterocycles. The molecule has 0 bridgehead atoms. The van der Waals surface area contributed by atoms with E-state index in [0.29, 0.717) is 17.8 Å². The Kier molecular flexibility index (Phi) is 3.96. The first-order valence-corrected chi connectivity index (χ1v) is 10.1. The van der Waals surface area contributed by atoms with E-state index in [4.69, 9.17) is 5.11 Å². The molecule has 27 heavy (non-hydrogen) atoms. The molecule has 0 fully saturated rings. The first kappa shape index (κ1) is 17.5. The van der Waals surface area contributed by atoms with Gasteiger partial charge in [-0.25, -0.2) is 13.2 Å². The first-order chi connectivity index (χ1) is 12.8. The number of carboxylic acids is 1. The highest BCUT2D eigenvalue weighted by Crippen LogP contribution is 2.38. The van der Waals surface area contributed by atoms with Crippen molar-refractivity contribution in [2.45, 2.75) is 31.1 Å². The monoisotopic (exact) mass is 386 g/mol. The van der Waals surface area contributed by atoms with Crippen molar-refractivity contribution in [2.24, 2.45) is 0 Å². The molecular weight excluding hydrogens is 368 g/mol. The van der Waals surface area contributed by atoms with E-state index < -0.39 is 16.0 Å². The van der Waals surface area contributed by atoms with E-state index >= 15 is 0 Å². The second-order valence-corrected chi connectivity index (χ2v) is 8.54. The van der Waals surface area contributed by atoms with Crippen LogP contribution in [0.4, 0.5) is 11.4 Å². The van der Waals surface area contributed by atoms with Gasteiger partial charge in [0, 0.05) is 12.2 Å². The Hall–Kier alpha value is -2.87. The lowest BCUT2D eigenvalue weighted by Crippen LogP contribution is -2.31. The number of aromatic carboxylic acids is 1. The van der Waals surface area contributed by atoms with Gasteiger partial charge in [0.15, 0.2) is 0 Å². The molecule has 2 aromatic rings. The van der Waals surface area contributed by atoms with Gasteiger partial charge in [0.1, 0.15) is 0 Å². The second-order valence-electron chi connectivity index (χ2n) is 6.86. The summed E-state index contributed by atoms with van der Waals surface area (Å²) >= 11 is 0. The SMILES string of the molecule is Cc1cc(NS(=O)(=O)c2cc3c4c(c2)CC(=O)N4CCC3)ccc1C(=O)O. The van der Waals surface area contributed by atoms with Crippen molar-refractivity contribution >= 4 is 33.3 Å². The van der Waals surface area contributed by atoms with Gasteiger partial charge in [-0.3, -0.25) is 9.52 Å². The van der Waals surface area contributed by atoms with Crippen LogP contribution in [0.25, 0.3) is 0 Å². The largest absolute Gasteiger partial charge is 0.478 e. The number of hydrogen-bond acceptors (Lipinski definition) is 4. The topological polar surface area (TPSA) is 104 Å². The van der Waals surface area contributed by atoms with Gasteiger partial charge in [0.05, 0.1) is 22.6 Å². The van der Waals surface area contributed by atoms with Crippen LogP contribution < -0.4 is 9.62 Å². The fourth-order valence-electron chi connectivity index (χ4n) is 3.78. The molecule has 0 atom stereocenters. The third-order valence-corrected chi connectivity index (χ3v) is 6.36. The molecular formula is C19H18N2O5S. The van der Waals surface area contributed by atoms with Gasteiger partial charge in [-0.1, -0.05) is 0 Å². The molecule has 140 valence electrons. The Morgan fingerprint density at radius 1 is 1.19 bits per heavy atom. The molecule has 2 aromatic carbocycles.